The highest BCUT2D eigenvalue weighted by molar-refractivity contribution is 5.89. The van der Waals surface area contributed by atoms with E-state index in [1.165, 1.54) is 89.9 Å². The van der Waals surface area contributed by atoms with Gasteiger partial charge in [-0.2, -0.15) is 0 Å². The van der Waals surface area contributed by atoms with Crippen LogP contribution in [0.2, 0.25) is 0 Å². The molecule has 174 valence electrons. The van der Waals surface area contributed by atoms with Crippen LogP contribution in [-0.4, -0.2) is 11.6 Å². The van der Waals surface area contributed by atoms with E-state index in [4.69, 9.17) is 0 Å². The Balaban J connectivity index is 1.89. The van der Waals surface area contributed by atoms with Gasteiger partial charge in [-0.3, -0.25) is 9.59 Å². The van der Waals surface area contributed by atoms with Gasteiger partial charge in [0, 0.05) is 24.2 Å². The lowest BCUT2D eigenvalue weighted by atomic mass is 9.62. The Morgan fingerprint density at radius 3 is 1.37 bits per heavy atom. The van der Waals surface area contributed by atoms with Crippen LogP contribution in [0.3, 0.4) is 0 Å². The van der Waals surface area contributed by atoms with E-state index < -0.39 is 0 Å². The second-order valence-electron chi connectivity index (χ2n) is 11.2. The number of carbonyl (C=O) groups is 2. The maximum absolute atomic E-state index is 13.2. The summed E-state index contributed by atoms with van der Waals surface area (Å²) in [5.41, 5.74) is -0.515. The van der Waals surface area contributed by atoms with Crippen LogP contribution in [0.1, 0.15) is 149 Å². The maximum Gasteiger partial charge on any atom is 0.139 e. The summed E-state index contributed by atoms with van der Waals surface area (Å²) in [5, 5.41) is 0. The van der Waals surface area contributed by atoms with Crippen LogP contribution in [0.5, 0.6) is 0 Å². The van der Waals surface area contributed by atoms with Gasteiger partial charge in [-0.05, 0) is 31.1 Å². The molecule has 0 heterocycles. The van der Waals surface area contributed by atoms with Crippen LogP contribution in [0.25, 0.3) is 0 Å². The largest absolute Gasteiger partial charge is 0.299 e. The standard InChI is InChI=1S/C28H50O2/c1-27(2)24-22-23-28(27,3)26(30)21-19-17-15-13-11-9-7-5-4-6-8-10-12-14-16-18-20-25(24)29/h24H,4-23H2,1-3H3/t24-,28+/m0/s1. The van der Waals surface area contributed by atoms with E-state index in [0.29, 0.717) is 18.0 Å². The van der Waals surface area contributed by atoms with Crippen molar-refractivity contribution in [2.24, 2.45) is 16.7 Å². The van der Waals surface area contributed by atoms with Gasteiger partial charge in [0.15, 0.2) is 0 Å². The minimum absolute atomic E-state index is 0.0769. The number of hydrogen-bond acceptors (Lipinski definition) is 2. The zero-order chi connectivity index (χ0) is 21.9. The molecule has 0 radical (unpaired) electrons. The third-order valence-electron chi connectivity index (χ3n) is 8.81. The van der Waals surface area contributed by atoms with Crippen molar-refractivity contribution in [3.8, 4) is 0 Å². The molecule has 0 spiro atoms. The predicted molar refractivity (Wildman–Crippen MR) is 128 cm³/mol. The number of ketones is 2. The zero-order valence-corrected chi connectivity index (χ0v) is 20.5. The van der Waals surface area contributed by atoms with E-state index in [9.17, 15) is 9.59 Å². The molecule has 0 N–H and O–H groups in total. The van der Waals surface area contributed by atoms with Gasteiger partial charge in [0.05, 0.1) is 0 Å². The van der Waals surface area contributed by atoms with Gasteiger partial charge in [-0.15, -0.1) is 0 Å². The molecule has 0 amide bonds. The first-order valence-corrected chi connectivity index (χ1v) is 13.5. The van der Waals surface area contributed by atoms with Crippen LogP contribution in [0, 0.1) is 16.7 Å². The third kappa shape index (κ3) is 7.20. The topological polar surface area (TPSA) is 34.1 Å². The van der Waals surface area contributed by atoms with Crippen molar-refractivity contribution >= 4 is 11.6 Å². The lowest BCUT2D eigenvalue weighted by Crippen LogP contribution is -2.42. The van der Waals surface area contributed by atoms with Crippen LogP contribution < -0.4 is 0 Å². The first-order valence-electron chi connectivity index (χ1n) is 13.5. The van der Waals surface area contributed by atoms with Crippen LogP contribution in [-0.2, 0) is 9.59 Å². The smallest absolute Gasteiger partial charge is 0.139 e. The van der Waals surface area contributed by atoms with Gasteiger partial charge in [-0.1, -0.05) is 111 Å². The predicted octanol–water partition coefficient (Wildman–Crippen LogP) is 8.60. The SMILES string of the molecule is CC1(C)[C@H]2CC[C@]1(C)C(=O)CCCCCCCCCCCCCCCCCCC2=O. The monoisotopic (exact) mass is 418 g/mol. The fourth-order valence-electron chi connectivity index (χ4n) is 6.07. The van der Waals surface area contributed by atoms with E-state index in [-0.39, 0.29) is 16.7 Å². The third-order valence-corrected chi connectivity index (χ3v) is 8.81. The van der Waals surface area contributed by atoms with E-state index in [1.807, 2.05) is 0 Å². The zero-order valence-electron chi connectivity index (χ0n) is 20.5. The minimum Gasteiger partial charge on any atom is -0.299 e. The molecule has 0 aliphatic heterocycles. The van der Waals surface area contributed by atoms with Crippen LogP contribution in [0.15, 0.2) is 0 Å². The number of hydrogen-bond donors (Lipinski definition) is 0. The molecule has 2 rings (SSSR count). The molecule has 2 aliphatic rings. The van der Waals surface area contributed by atoms with Crippen molar-refractivity contribution in [2.45, 2.75) is 149 Å². The number of fused-ring (bicyclic) bond motifs is 2. The van der Waals surface area contributed by atoms with Gasteiger partial charge < -0.3 is 0 Å². The highest BCUT2D eigenvalue weighted by Gasteiger charge is 2.56. The summed E-state index contributed by atoms with van der Waals surface area (Å²) in [6, 6.07) is 0. The van der Waals surface area contributed by atoms with E-state index in [2.05, 4.69) is 20.8 Å². The maximum atomic E-state index is 13.2. The molecule has 2 atom stereocenters. The molecule has 2 nitrogen and oxygen atoms in total. The quantitative estimate of drug-likeness (QED) is 0.394. The Bertz CT molecular complexity index is 521. The Labute approximate surface area is 187 Å². The van der Waals surface area contributed by atoms with Crippen molar-refractivity contribution in [1.82, 2.24) is 0 Å². The summed E-state index contributed by atoms with van der Waals surface area (Å²) in [4.78, 5) is 26.2. The molecule has 0 aromatic carbocycles. The number of carbonyl (C=O) groups excluding carboxylic acids is 2. The second kappa shape index (κ2) is 13.0. The summed E-state index contributed by atoms with van der Waals surface area (Å²) in [6.07, 6.45) is 24.0. The van der Waals surface area contributed by atoms with Crippen molar-refractivity contribution in [3.63, 3.8) is 0 Å². The summed E-state index contributed by atoms with van der Waals surface area (Å²) < 4.78 is 0. The van der Waals surface area contributed by atoms with Gasteiger partial charge in [-0.25, -0.2) is 0 Å². The van der Waals surface area contributed by atoms with Crippen molar-refractivity contribution in [2.75, 3.05) is 0 Å². The van der Waals surface area contributed by atoms with E-state index in [0.717, 1.165) is 32.1 Å². The summed E-state index contributed by atoms with van der Waals surface area (Å²) in [5.74, 6) is 0.921. The Morgan fingerprint density at radius 1 is 0.567 bits per heavy atom. The lowest BCUT2D eigenvalue weighted by molar-refractivity contribution is -0.136. The molecular formula is C28H50O2. The first-order chi connectivity index (χ1) is 14.4. The summed E-state index contributed by atoms with van der Waals surface area (Å²) in [7, 11) is 0. The molecule has 2 saturated carbocycles. The van der Waals surface area contributed by atoms with Gasteiger partial charge >= 0.3 is 0 Å². The molecule has 0 saturated heterocycles. The molecule has 2 bridgehead atoms. The molecule has 0 unspecified atom stereocenters. The number of Topliss-reactive ketones (excluding diaryl/α,β-unsaturated/α-hetero) is 2. The van der Waals surface area contributed by atoms with E-state index >= 15 is 0 Å². The molecule has 2 heteroatoms. The average Bonchev–Trinajstić information content (AvgIpc) is 2.96. The lowest BCUT2D eigenvalue weighted by Gasteiger charge is -2.40. The number of rotatable bonds is 0. The highest BCUT2D eigenvalue weighted by Crippen LogP contribution is 2.57. The Hall–Kier alpha value is -0.660. The molecule has 2 aliphatic carbocycles. The highest BCUT2D eigenvalue weighted by atomic mass is 16.1. The van der Waals surface area contributed by atoms with Crippen LogP contribution in [0.4, 0.5) is 0 Å². The molecular weight excluding hydrogens is 368 g/mol. The molecule has 2 fully saturated rings. The fraction of sp³-hybridized carbons (Fsp3) is 0.929. The van der Waals surface area contributed by atoms with Crippen LogP contribution >= 0.6 is 0 Å². The first kappa shape index (κ1) is 25.6. The average molecular weight is 419 g/mol. The van der Waals surface area contributed by atoms with Gasteiger partial charge in [0.25, 0.3) is 0 Å². The van der Waals surface area contributed by atoms with E-state index in [1.54, 1.807) is 0 Å². The van der Waals surface area contributed by atoms with Crippen molar-refractivity contribution < 1.29 is 9.59 Å². The van der Waals surface area contributed by atoms with Gasteiger partial charge in [0.1, 0.15) is 11.6 Å². The van der Waals surface area contributed by atoms with Crippen molar-refractivity contribution in [1.29, 1.82) is 0 Å². The second-order valence-corrected chi connectivity index (χ2v) is 11.2. The Kier molecular flexibility index (Phi) is 11.1. The molecule has 0 aromatic rings. The van der Waals surface area contributed by atoms with Gasteiger partial charge in [0.2, 0.25) is 0 Å². The summed E-state index contributed by atoms with van der Waals surface area (Å²) >= 11 is 0. The summed E-state index contributed by atoms with van der Waals surface area (Å²) in [6.45, 7) is 6.55. The minimum atomic E-state index is -0.317. The van der Waals surface area contributed by atoms with Crippen molar-refractivity contribution in [3.05, 3.63) is 0 Å². The fourth-order valence-corrected chi connectivity index (χ4v) is 6.07. The molecule has 0 aromatic heterocycles. The Morgan fingerprint density at radius 2 is 0.933 bits per heavy atom. The normalized spacial score (nSPS) is 32.0. The molecule has 30 heavy (non-hydrogen) atoms.